The molecule has 7 nitrogen and oxygen atoms in total. The predicted molar refractivity (Wildman–Crippen MR) is 84.8 cm³/mol. The van der Waals surface area contributed by atoms with Gasteiger partial charge in [0.2, 0.25) is 17.8 Å². The first-order chi connectivity index (χ1) is 10.2. The highest BCUT2D eigenvalue weighted by atomic mass is 16.3. The van der Waals surface area contributed by atoms with Crippen LogP contribution >= 0.6 is 0 Å². The van der Waals surface area contributed by atoms with E-state index in [2.05, 4.69) is 44.3 Å². The normalized spacial score (nSPS) is 21.3. The van der Waals surface area contributed by atoms with Crippen LogP contribution in [0.4, 0.5) is 17.8 Å². The highest BCUT2D eigenvalue weighted by Gasteiger charge is 2.27. The van der Waals surface area contributed by atoms with Gasteiger partial charge in [0.15, 0.2) is 0 Å². The van der Waals surface area contributed by atoms with Crippen LogP contribution in [0, 0.1) is 5.92 Å². The maximum absolute atomic E-state index is 9.42. The lowest BCUT2D eigenvalue weighted by molar-refractivity contribution is 0.222. The zero-order valence-corrected chi connectivity index (χ0v) is 13.1. The molecule has 1 aliphatic rings. The largest absolute Gasteiger partial charge is 0.396 e. The quantitative estimate of drug-likeness (QED) is 0.699. The van der Waals surface area contributed by atoms with Crippen molar-refractivity contribution in [1.29, 1.82) is 0 Å². The number of hydrogen-bond acceptors (Lipinski definition) is 7. The Hall–Kier alpha value is -1.63. The minimum Gasteiger partial charge on any atom is -0.396 e. The van der Waals surface area contributed by atoms with E-state index in [1.165, 1.54) is 0 Å². The third-order valence-corrected chi connectivity index (χ3v) is 4.10. The van der Waals surface area contributed by atoms with Gasteiger partial charge in [0.1, 0.15) is 0 Å². The molecule has 21 heavy (non-hydrogen) atoms. The van der Waals surface area contributed by atoms with Crippen LogP contribution < -0.4 is 15.5 Å². The maximum atomic E-state index is 9.42. The first kappa shape index (κ1) is 15.8. The summed E-state index contributed by atoms with van der Waals surface area (Å²) in [6, 6.07) is 0.242. The molecule has 1 aliphatic carbocycles. The van der Waals surface area contributed by atoms with Crippen LogP contribution in [0.5, 0.6) is 0 Å². The molecule has 7 heteroatoms. The van der Waals surface area contributed by atoms with Crippen LogP contribution in [-0.4, -0.2) is 52.8 Å². The number of aliphatic hydroxyl groups excluding tert-OH is 1. The van der Waals surface area contributed by atoms with Crippen molar-refractivity contribution >= 4 is 17.8 Å². The fourth-order valence-corrected chi connectivity index (χ4v) is 2.80. The molecule has 0 aromatic carbocycles. The summed E-state index contributed by atoms with van der Waals surface area (Å²) in [4.78, 5) is 15.4. The summed E-state index contributed by atoms with van der Waals surface area (Å²) in [6.45, 7) is 6.08. The standard InChI is InChI=1S/C14H26N6O/c1-4-20(5-2)14-18-12(15-3)17-13(19-14)16-11-8-6-7-10(11)9-21/h10-11,21H,4-9H2,1-3H3,(H2,15,16,17,18,19). The van der Waals surface area contributed by atoms with Crippen LogP contribution in [0.25, 0.3) is 0 Å². The van der Waals surface area contributed by atoms with Crippen LogP contribution in [0.15, 0.2) is 0 Å². The van der Waals surface area contributed by atoms with Crippen LogP contribution in [0.3, 0.4) is 0 Å². The number of hydrogen-bond donors (Lipinski definition) is 3. The van der Waals surface area contributed by atoms with Gasteiger partial charge in [0.25, 0.3) is 0 Å². The van der Waals surface area contributed by atoms with E-state index < -0.39 is 0 Å². The zero-order chi connectivity index (χ0) is 15.2. The van der Waals surface area contributed by atoms with E-state index in [0.717, 1.165) is 32.4 Å². The van der Waals surface area contributed by atoms with Gasteiger partial charge in [-0.25, -0.2) is 0 Å². The van der Waals surface area contributed by atoms with E-state index in [1.54, 1.807) is 7.05 Å². The van der Waals surface area contributed by atoms with E-state index in [-0.39, 0.29) is 18.6 Å². The summed E-state index contributed by atoms with van der Waals surface area (Å²) in [5.41, 5.74) is 0. The minimum absolute atomic E-state index is 0.213. The van der Waals surface area contributed by atoms with Gasteiger partial charge in [0.05, 0.1) is 0 Å². The summed E-state index contributed by atoms with van der Waals surface area (Å²) in [5.74, 6) is 2.12. The molecule has 0 bridgehead atoms. The van der Waals surface area contributed by atoms with E-state index in [0.29, 0.717) is 17.8 Å². The minimum atomic E-state index is 0.213. The highest BCUT2D eigenvalue weighted by molar-refractivity contribution is 5.44. The molecule has 0 saturated heterocycles. The second-order valence-corrected chi connectivity index (χ2v) is 5.33. The van der Waals surface area contributed by atoms with E-state index in [9.17, 15) is 5.11 Å². The molecule has 2 unspecified atom stereocenters. The summed E-state index contributed by atoms with van der Waals surface area (Å²) in [6.07, 6.45) is 3.24. The lowest BCUT2D eigenvalue weighted by Gasteiger charge is -2.22. The number of nitrogens with zero attached hydrogens (tertiary/aromatic N) is 4. The Bertz CT molecular complexity index is 451. The molecule has 118 valence electrons. The van der Waals surface area contributed by atoms with Gasteiger partial charge in [-0.2, -0.15) is 15.0 Å². The molecule has 0 radical (unpaired) electrons. The Morgan fingerprint density at radius 2 is 1.86 bits per heavy atom. The average molecular weight is 294 g/mol. The fourth-order valence-electron chi connectivity index (χ4n) is 2.80. The maximum Gasteiger partial charge on any atom is 0.231 e. The molecule has 1 heterocycles. The van der Waals surface area contributed by atoms with Crippen LogP contribution in [-0.2, 0) is 0 Å². The molecular weight excluding hydrogens is 268 g/mol. The number of aliphatic hydroxyl groups is 1. The Balaban J connectivity index is 2.20. The molecule has 1 saturated carbocycles. The molecule has 1 aromatic rings. The monoisotopic (exact) mass is 294 g/mol. The average Bonchev–Trinajstić information content (AvgIpc) is 2.95. The highest BCUT2D eigenvalue weighted by Crippen LogP contribution is 2.27. The molecule has 3 N–H and O–H groups in total. The summed E-state index contributed by atoms with van der Waals surface area (Å²) in [7, 11) is 1.80. The van der Waals surface area contributed by atoms with Gasteiger partial charge in [-0.05, 0) is 26.7 Å². The Labute approximate surface area is 126 Å². The van der Waals surface area contributed by atoms with E-state index in [4.69, 9.17) is 0 Å². The van der Waals surface area contributed by atoms with Crippen molar-refractivity contribution in [2.24, 2.45) is 5.92 Å². The van der Waals surface area contributed by atoms with Crippen LogP contribution in [0.2, 0.25) is 0 Å². The Kier molecular flexibility index (Phi) is 5.55. The summed E-state index contributed by atoms with van der Waals surface area (Å²) >= 11 is 0. The van der Waals surface area contributed by atoms with Crippen molar-refractivity contribution in [2.45, 2.75) is 39.2 Å². The van der Waals surface area contributed by atoms with Crippen LogP contribution in [0.1, 0.15) is 33.1 Å². The number of aromatic nitrogens is 3. The molecular formula is C14H26N6O. The number of rotatable bonds is 7. The van der Waals surface area contributed by atoms with Crippen molar-refractivity contribution in [2.75, 3.05) is 42.3 Å². The first-order valence-corrected chi connectivity index (χ1v) is 7.77. The van der Waals surface area contributed by atoms with E-state index in [1.807, 2.05) is 0 Å². The zero-order valence-electron chi connectivity index (χ0n) is 13.1. The first-order valence-electron chi connectivity index (χ1n) is 7.77. The lowest BCUT2D eigenvalue weighted by Crippen LogP contribution is -2.29. The predicted octanol–water partition coefficient (Wildman–Crippen LogP) is 1.33. The second kappa shape index (κ2) is 7.40. The van der Waals surface area contributed by atoms with Crippen molar-refractivity contribution in [3.63, 3.8) is 0 Å². The Morgan fingerprint density at radius 3 is 2.48 bits per heavy atom. The number of anilines is 3. The molecule has 2 rings (SSSR count). The van der Waals surface area contributed by atoms with E-state index >= 15 is 0 Å². The summed E-state index contributed by atoms with van der Waals surface area (Å²) < 4.78 is 0. The third-order valence-electron chi connectivity index (χ3n) is 4.10. The third kappa shape index (κ3) is 3.72. The van der Waals surface area contributed by atoms with Crippen molar-refractivity contribution in [3.8, 4) is 0 Å². The summed E-state index contributed by atoms with van der Waals surface area (Å²) in [5, 5.41) is 15.8. The molecule has 0 amide bonds. The van der Waals surface area contributed by atoms with Gasteiger partial charge in [0, 0.05) is 38.7 Å². The van der Waals surface area contributed by atoms with Crippen molar-refractivity contribution in [1.82, 2.24) is 15.0 Å². The van der Waals surface area contributed by atoms with Crippen molar-refractivity contribution < 1.29 is 5.11 Å². The van der Waals surface area contributed by atoms with Gasteiger partial charge < -0.3 is 20.6 Å². The van der Waals surface area contributed by atoms with Gasteiger partial charge >= 0.3 is 0 Å². The number of nitrogens with one attached hydrogen (secondary N) is 2. The molecule has 0 spiro atoms. The fraction of sp³-hybridized carbons (Fsp3) is 0.786. The van der Waals surface area contributed by atoms with Crippen molar-refractivity contribution in [3.05, 3.63) is 0 Å². The van der Waals surface area contributed by atoms with Gasteiger partial charge in [-0.1, -0.05) is 6.42 Å². The van der Waals surface area contributed by atoms with Gasteiger partial charge in [-0.3, -0.25) is 0 Å². The van der Waals surface area contributed by atoms with Gasteiger partial charge in [-0.15, -0.1) is 0 Å². The molecule has 1 aromatic heterocycles. The molecule has 0 aliphatic heterocycles. The molecule has 2 atom stereocenters. The lowest BCUT2D eigenvalue weighted by atomic mass is 10.1. The Morgan fingerprint density at radius 1 is 1.14 bits per heavy atom. The SMILES string of the molecule is CCN(CC)c1nc(NC)nc(NC2CCCC2CO)n1. The molecule has 1 fully saturated rings. The smallest absolute Gasteiger partial charge is 0.231 e. The second-order valence-electron chi connectivity index (χ2n) is 5.33. The topological polar surface area (TPSA) is 86.2 Å².